The predicted octanol–water partition coefficient (Wildman–Crippen LogP) is 4.06. The fraction of sp³-hybridized carbons (Fsp3) is 0.650. The van der Waals surface area contributed by atoms with Crippen molar-refractivity contribution in [3.8, 4) is 0 Å². The molecule has 0 spiro atoms. The standard InChI is InChI=1S/C20H29N3O3/c1-14(24)22-12-6-5-7-17(22)15-8-11-18(21-13-15)23(16-9-10-16)19(25)26-20(2,3)4/h8,11,13,16-17H,5-7,9-10,12H2,1-4H3/t17-/m1/s1. The highest BCUT2D eigenvalue weighted by atomic mass is 16.6. The number of amides is 2. The predicted molar refractivity (Wildman–Crippen MR) is 100.0 cm³/mol. The minimum Gasteiger partial charge on any atom is -0.443 e. The van der Waals surface area contributed by atoms with Gasteiger partial charge in [-0.1, -0.05) is 6.07 Å². The molecule has 26 heavy (non-hydrogen) atoms. The maximum atomic E-state index is 12.6. The normalized spacial score (nSPS) is 20.6. The largest absolute Gasteiger partial charge is 0.443 e. The highest BCUT2D eigenvalue weighted by molar-refractivity contribution is 5.88. The number of carbonyl (C=O) groups excluding carboxylic acids is 2. The van der Waals surface area contributed by atoms with Crippen LogP contribution < -0.4 is 4.90 Å². The Kier molecular flexibility index (Phi) is 5.21. The molecule has 2 fully saturated rings. The third-order valence-corrected chi connectivity index (χ3v) is 4.81. The van der Waals surface area contributed by atoms with E-state index < -0.39 is 5.60 Å². The lowest BCUT2D eigenvalue weighted by molar-refractivity contribution is -0.132. The number of ether oxygens (including phenoxy) is 1. The summed E-state index contributed by atoms with van der Waals surface area (Å²) >= 11 is 0. The lowest BCUT2D eigenvalue weighted by Gasteiger charge is -2.35. The number of hydrogen-bond acceptors (Lipinski definition) is 4. The van der Waals surface area contributed by atoms with Gasteiger partial charge in [0.2, 0.25) is 5.91 Å². The van der Waals surface area contributed by atoms with E-state index in [-0.39, 0.29) is 24.1 Å². The number of hydrogen-bond donors (Lipinski definition) is 0. The van der Waals surface area contributed by atoms with Gasteiger partial charge in [0.1, 0.15) is 11.4 Å². The molecule has 1 aromatic rings. The molecule has 0 unspecified atom stereocenters. The van der Waals surface area contributed by atoms with E-state index in [1.165, 1.54) is 0 Å². The number of aromatic nitrogens is 1. The highest BCUT2D eigenvalue weighted by Gasteiger charge is 2.37. The first-order valence-corrected chi connectivity index (χ1v) is 9.51. The summed E-state index contributed by atoms with van der Waals surface area (Å²) in [5.74, 6) is 0.725. The summed E-state index contributed by atoms with van der Waals surface area (Å²) in [6.07, 6.45) is 6.54. The summed E-state index contributed by atoms with van der Waals surface area (Å²) in [5.41, 5.74) is 0.498. The molecular formula is C20H29N3O3. The lowest BCUT2D eigenvalue weighted by atomic mass is 9.96. The van der Waals surface area contributed by atoms with Crippen LogP contribution in [0.4, 0.5) is 10.6 Å². The van der Waals surface area contributed by atoms with Crippen molar-refractivity contribution in [3.05, 3.63) is 23.9 Å². The van der Waals surface area contributed by atoms with E-state index in [9.17, 15) is 9.59 Å². The van der Waals surface area contributed by atoms with E-state index in [2.05, 4.69) is 4.98 Å². The van der Waals surface area contributed by atoms with E-state index in [0.29, 0.717) is 5.82 Å². The minimum absolute atomic E-state index is 0.0821. The van der Waals surface area contributed by atoms with Crippen LogP contribution in [0.1, 0.15) is 71.4 Å². The molecule has 3 rings (SSSR count). The van der Waals surface area contributed by atoms with Gasteiger partial charge in [-0.2, -0.15) is 0 Å². The summed E-state index contributed by atoms with van der Waals surface area (Å²) in [4.78, 5) is 32.6. The van der Waals surface area contributed by atoms with Gasteiger partial charge in [-0.25, -0.2) is 9.78 Å². The van der Waals surface area contributed by atoms with Crippen LogP contribution in [-0.2, 0) is 9.53 Å². The van der Waals surface area contributed by atoms with Crippen molar-refractivity contribution in [1.29, 1.82) is 0 Å². The minimum atomic E-state index is -0.533. The Balaban J connectivity index is 1.79. The van der Waals surface area contributed by atoms with Gasteiger partial charge in [-0.3, -0.25) is 9.69 Å². The smallest absolute Gasteiger partial charge is 0.416 e. The fourth-order valence-electron chi connectivity index (χ4n) is 3.47. The molecule has 2 aliphatic rings. The molecule has 1 saturated carbocycles. The Morgan fingerprint density at radius 3 is 2.46 bits per heavy atom. The van der Waals surface area contributed by atoms with Crippen molar-refractivity contribution < 1.29 is 14.3 Å². The molecule has 6 heteroatoms. The Morgan fingerprint density at radius 1 is 1.19 bits per heavy atom. The van der Waals surface area contributed by atoms with Crippen molar-refractivity contribution in [2.45, 2.75) is 77.5 Å². The molecule has 0 radical (unpaired) electrons. The number of carbonyl (C=O) groups is 2. The summed E-state index contributed by atoms with van der Waals surface area (Å²) < 4.78 is 5.54. The Hall–Kier alpha value is -2.11. The van der Waals surface area contributed by atoms with Gasteiger partial charge in [0.15, 0.2) is 0 Å². The van der Waals surface area contributed by atoms with Crippen molar-refractivity contribution >= 4 is 17.8 Å². The summed E-state index contributed by atoms with van der Waals surface area (Å²) in [7, 11) is 0. The van der Waals surface area contributed by atoms with Crippen LogP contribution in [0, 0.1) is 0 Å². The van der Waals surface area contributed by atoms with Gasteiger partial charge in [0, 0.05) is 25.7 Å². The lowest BCUT2D eigenvalue weighted by Crippen LogP contribution is -2.39. The number of nitrogens with zero attached hydrogens (tertiary/aromatic N) is 3. The van der Waals surface area contributed by atoms with Crippen LogP contribution in [0.3, 0.4) is 0 Å². The zero-order valence-corrected chi connectivity index (χ0v) is 16.2. The molecule has 2 amide bonds. The van der Waals surface area contributed by atoms with Gasteiger partial charge >= 0.3 is 6.09 Å². The van der Waals surface area contributed by atoms with Crippen molar-refractivity contribution in [2.75, 3.05) is 11.4 Å². The van der Waals surface area contributed by atoms with Gasteiger partial charge in [-0.15, -0.1) is 0 Å². The molecule has 142 valence electrons. The molecule has 1 saturated heterocycles. The molecule has 0 aromatic carbocycles. The molecule has 2 heterocycles. The van der Waals surface area contributed by atoms with Crippen LogP contribution in [-0.4, -0.2) is 40.1 Å². The molecule has 1 atom stereocenters. The Bertz CT molecular complexity index is 662. The third kappa shape index (κ3) is 4.34. The molecule has 1 aliphatic heterocycles. The number of rotatable bonds is 3. The van der Waals surface area contributed by atoms with Gasteiger partial charge in [0.25, 0.3) is 0 Å². The average Bonchev–Trinajstić information content (AvgIpc) is 3.39. The second kappa shape index (κ2) is 7.25. The molecule has 0 N–H and O–H groups in total. The first-order valence-electron chi connectivity index (χ1n) is 9.51. The zero-order chi connectivity index (χ0) is 18.9. The van der Waals surface area contributed by atoms with E-state index in [1.807, 2.05) is 37.8 Å². The number of pyridine rings is 1. The average molecular weight is 359 g/mol. The molecular weight excluding hydrogens is 330 g/mol. The topological polar surface area (TPSA) is 62.7 Å². The number of likely N-dealkylation sites (tertiary alicyclic amines) is 1. The highest BCUT2D eigenvalue weighted by Crippen LogP contribution is 2.34. The van der Waals surface area contributed by atoms with Crippen LogP contribution in [0.15, 0.2) is 18.3 Å². The van der Waals surface area contributed by atoms with Gasteiger partial charge in [0.05, 0.1) is 6.04 Å². The maximum absolute atomic E-state index is 12.6. The van der Waals surface area contributed by atoms with Crippen LogP contribution in [0.2, 0.25) is 0 Å². The molecule has 6 nitrogen and oxygen atoms in total. The van der Waals surface area contributed by atoms with E-state index in [1.54, 1.807) is 18.0 Å². The Labute approximate surface area is 155 Å². The van der Waals surface area contributed by atoms with Gasteiger partial charge < -0.3 is 9.64 Å². The molecule has 0 bridgehead atoms. The van der Waals surface area contributed by atoms with Crippen molar-refractivity contribution in [3.63, 3.8) is 0 Å². The van der Waals surface area contributed by atoms with Crippen molar-refractivity contribution in [1.82, 2.24) is 9.88 Å². The third-order valence-electron chi connectivity index (χ3n) is 4.81. The van der Waals surface area contributed by atoms with E-state index >= 15 is 0 Å². The molecule has 1 aromatic heterocycles. The van der Waals surface area contributed by atoms with E-state index in [4.69, 9.17) is 4.74 Å². The van der Waals surface area contributed by atoms with E-state index in [0.717, 1.165) is 44.2 Å². The number of piperidine rings is 1. The number of anilines is 1. The SMILES string of the molecule is CC(=O)N1CCCC[C@@H]1c1ccc(N(C(=O)OC(C)(C)C)C2CC2)nc1. The first-order chi connectivity index (χ1) is 12.3. The zero-order valence-electron chi connectivity index (χ0n) is 16.2. The maximum Gasteiger partial charge on any atom is 0.416 e. The van der Waals surface area contributed by atoms with Crippen LogP contribution >= 0.6 is 0 Å². The van der Waals surface area contributed by atoms with Crippen molar-refractivity contribution in [2.24, 2.45) is 0 Å². The monoisotopic (exact) mass is 359 g/mol. The summed E-state index contributed by atoms with van der Waals surface area (Å²) in [5, 5.41) is 0. The van der Waals surface area contributed by atoms with Crippen LogP contribution in [0.25, 0.3) is 0 Å². The Morgan fingerprint density at radius 2 is 1.92 bits per heavy atom. The van der Waals surface area contributed by atoms with Gasteiger partial charge in [-0.05, 0) is 64.5 Å². The summed E-state index contributed by atoms with van der Waals surface area (Å²) in [6, 6.07) is 4.13. The quantitative estimate of drug-likeness (QED) is 0.816. The molecule has 1 aliphatic carbocycles. The first kappa shape index (κ1) is 18.7. The van der Waals surface area contributed by atoms with Crippen LogP contribution in [0.5, 0.6) is 0 Å². The second-order valence-electron chi connectivity index (χ2n) is 8.26. The fourth-order valence-corrected chi connectivity index (χ4v) is 3.47. The summed E-state index contributed by atoms with van der Waals surface area (Å²) in [6.45, 7) is 8.02. The second-order valence-corrected chi connectivity index (χ2v) is 8.26.